The largest absolute Gasteiger partial charge is 0.387 e. The Bertz CT molecular complexity index is 998. The molecule has 0 aliphatic carbocycles. The Morgan fingerprint density at radius 1 is 0.759 bits per heavy atom. The van der Waals surface area contributed by atoms with Gasteiger partial charge >= 0.3 is 11.4 Å². The number of aromatic nitrogens is 1. The summed E-state index contributed by atoms with van der Waals surface area (Å²) in [5.74, 6) is -0.395. The Labute approximate surface area is 165 Å². The highest BCUT2D eigenvalue weighted by molar-refractivity contribution is 5.88. The summed E-state index contributed by atoms with van der Waals surface area (Å²) in [6.45, 7) is 3.80. The van der Waals surface area contributed by atoms with Crippen LogP contribution < -0.4 is 16.4 Å². The highest BCUT2D eigenvalue weighted by atomic mass is 16.6. The second-order valence-electron chi connectivity index (χ2n) is 6.42. The van der Waals surface area contributed by atoms with Crippen LogP contribution in [0.5, 0.6) is 0 Å². The molecule has 0 unspecified atom stereocenters. The number of nitrogen functional groups attached to an aromatic ring is 1. The summed E-state index contributed by atoms with van der Waals surface area (Å²) in [6.07, 6.45) is 0. The molecule has 0 fully saturated rings. The Hall–Kier alpha value is -4.21. The molecule has 148 valence electrons. The van der Waals surface area contributed by atoms with Crippen LogP contribution in [0.3, 0.4) is 0 Å². The normalized spacial score (nSPS) is 10.4. The van der Waals surface area contributed by atoms with Gasteiger partial charge in [-0.1, -0.05) is 35.4 Å². The first kappa shape index (κ1) is 19.5. The molecule has 0 bridgehead atoms. The number of nitrogens with two attached hydrogens (primary N) is 1. The molecular formula is C19H18N6O4. The number of pyridine rings is 1. The van der Waals surface area contributed by atoms with Crippen molar-refractivity contribution in [3.63, 3.8) is 0 Å². The summed E-state index contributed by atoms with van der Waals surface area (Å²) in [6, 6.07) is 14.1. The summed E-state index contributed by atoms with van der Waals surface area (Å²) in [5.41, 5.74) is 7.00. The second kappa shape index (κ2) is 7.80. The molecule has 0 radical (unpaired) electrons. The molecule has 29 heavy (non-hydrogen) atoms. The standard InChI is InChI=1S/C19H18N6O4/c1-11-3-7-13(8-4-11)21-18-16(24(26)27)15(20)17(25(28)29)19(23-18)22-14-9-5-12(2)6-10-14/h3-10H,1-2H3,(H4,20,21,22,23). The van der Waals surface area contributed by atoms with E-state index < -0.39 is 26.9 Å². The number of rotatable bonds is 6. The predicted molar refractivity (Wildman–Crippen MR) is 111 cm³/mol. The van der Waals surface area contributed by atoms with E-state index >= 15 is 0 Å². The summed E-state index contributed by atoms with van der Waals surface area (Å²) in [4.78, 5) is 25.7. The average Bonchev–Trinajstić information content (AvgIpc) is 2.64. The molecule has 1 heterocycles. The number of benzene rings is 2. The van der Waals surface area contributed by atoms with Gasteiger partial charge < -0.3 is 16.4 Å². The van der Waals surface area contributed by atoms with Crippen LogP contribution in [0, 0.1) is 34.1 Å². The van der Waals surface area contributed by atoms with Gasteiger partial charge in [-0.2, -0.15) is 4.98 Å². The van der Waals surface area contributed by atoms with Crippen LogP contribution in [-0.2, 0) is 0 Å². The van der Waals surface area contributed by atoms with Crippen molar-refractivity contribution in [1.82, 2.24) is 4.98 Å². The summed E-state index contributed by atoms with van der Waals surface area (Å²) in [5, 5.41) is 28.8. The number of nitrogens with one attached hydrogen (secondary N) is 2. The molecule has 0 amide bonds. The lowest BCUT2D eigenvalue weighted by Crippen LogP contribution is -2.10. The molecule has 3 aromatic rings. The highest BCUT2D eigenvalue weighted by Gasteiger charge is 2.33. The highest BCUT2D eigenvalue weighted by Crippen LogP contribution is 2.42. The first-order chi connectivity index (χ1) is 13.8. The molecule has 2 aromatic carbocycles. The fourth-order valence-corrected chi connectivity index (χ4v) is 2.68. The van der Waals surface area contributed by atoms with E-state index in [1.165, 1.54) is 0 Å². The van der Waals surface area contributed by atoms with Crippen LogP contribution in [-0.4, -0.2) is 14.8 Å². The number of nitrogens with zero attached hydrogens (tertiary/aromatic N) is 3. The SMILES string of the molecule is Cc1ccc(Nc2nc(Nc3ccc(C)cc3)c([N+](=O)[O-])c(N)c2[N+](=O)[O-])cc1. The van der Waals surface area contributed by atoms with E-state index in [0.29, 0.717) is 11.4 Å². The quantitative estimate of drug-likeness (QED) is 0.406. The number of hydrogen-bond acceptors (Lipinski definition) is 8. The van der Waals surface area contributed by atoms with Crippen molar-refractivity contribution < 1.29 is 9.85 Å². The Balaban J connectivity index is 2.14. The molecule has 0 aliphatic rings. The van der Waals surface area contributed by atoms with Gasteiger partial charge in [-0.15, -0.1) is 0 Å². The monoisotopic (exact) mass is 394 g/mol. The zero-order valence-corrected chi connectivity index (χ0v) is 15.7. The minimum Gasteiger partial charge on any atom is -0.387 e. The van der Waals surface area contributed by atoms with Gasteiger partial charge in [0.2, 0.25) is 11.6 Å². The topological polar surface area (TPSA) is 149 Å². The smallest absolute Gasteiger partial charge is 0.341 e. The molecule has 4 N–H and O–H groups in total. The molecule has 10 nitrogen and oxygen atoms in total. The van der Waals surface area contributed by atoms with E-state index in [-0.39, 0.29) is 11.6 Å². The lowest BCUT2D eigenvalue weighted by atomic mass is 10.2. The number of hydrogen-bond donors (Lipinski definition) is 3. The van der Waals surface area contributed by atoms with E-state index in [1.807, 2.05) is 38.1 Å². The molecule has 1 aromatic heterocycles. The van der Waals surface area contributed by atoms with E-state index in [1.54, 1.807) is 24.3 Å². The summed E-state index contributed by atoms with van der Waals surface area (Å²) < 4.78 is 0. The van der Waals surface area contributed by atoms with E-state index in [0.717, 1.165) is 11.1 Å². The molecule has 0 spiro atoms. The van der Waals surface area contributed by atoms with Crippen LogP contribution in [0.15, 0.2) is 48.5 Å². The lowest BCUT2D eigenvalue weighted by molar-refractivity contribution is -0.391. The zero-order chi connectivity index (χ0) is 21.1. The fraction of sp³-hybridized carbons (Fsp3) is 0.105. The third kappa shape index (κ3) is 4.21. The fourth-order valence-electron chi connectivity index (χ4n) is 2.68. The van der Waals surface area contributed by atoms with Crippen LogP contribution in [0.4, 0.5) is 40.1 Å². The van der Waals surface area contributed by atoms with Crippen molar-refractivity contribution in [2.24, 2.45) is 0 Å². The molecular weight excluding hydrogens is 376 g/mol. The van der Waals surface area contributed by atoms with Crippen LogP contribution in [0.25, 0.3) is 0 Å². The maximum absolute atomic E-state index is 11.6. The van der Waals surface area contributed by atoms with Gasteiger partial charge in [0.1, 0.15) is 0 Å². The van der Waals surface area contributed by atoms with Gasteiger partial charge in [-0.3, -0.25) is 20.2 Å². The van der Waals surface area contributed by atoms with Crippen LogP contribution >= 0.6 is 0 Å². The Kier molecular flexibility index (Phi) is 5.26. The third-order valence-corrected chi connectivity index (χ3v) is 4.18. The predicted octanol–water partition coefficient (Wildman–Crippen LogP) is 4.58. The van der Waals surface area contributed by atoms with Crippen molar-refractivity contribution in [3.05, 3.63) is 79.9 Å². The van der Waals surface area contributed by atoms with Gasteiger partial charge in [-0.05, 0) is 38.1 Å². The van der Waals surface area contributed by atoms with Crippen molar-refractivity contribution in [2.45, 2.75) is 13.8 Å². The number of nitro groups is 2. The van der Waals surface area contributed by atoms with E-state index in [9.17, 15) is 20.2 Å². The van der Waals surface area contributed by atoms with Crippen molar-refractivity contribution in [2.75, 3.05) is 16.4 Å². The molecule has 3 rings (SSSR count). The van der Waals surface area contributed by atoms with Gasteiger partial charge in [-0.25, -0.2) is 0 Å². The molecule has 0 saturated heterocycles. The first-order valence-corrected chi connectivity index (χ1v) is 8.56. The van der Waals surface area contributed by atoms with Gasteiger partial charge in [0, 0.05) is 11.4 Å². The zero-order valence-electron chi connectivity index (χ0n) is 15.7. The molecule has 0 atom stereocenters. The molecule has 0 saturated carbocycles. The minimum absolute atomic E-state index is 0.198. The van der Waals surface area contributed by atoms with Gasteiger partial charge in [0.15, 0.2) is 5.69 Å². The molecule has 0 aliphatic heterocycles. The summed E-state index contributed by atoms with van der Waals surface area (Å²) in [7, 11) is 0. The first-order valence-electron chi connectivity index (χ1n) is 8.56. The van der Waals surface area contributed by atoms with Crippen molar-refractivity contribution >= 4 is 40.1 Å². The Morgan fingerprint density at radius 3 is 1.41 bits per heavy atom. The number of aryl methyl sites for hydroxylation is 2. The number of anilines is 5. The van der Waals surface area contributed by atoms with Gasteiger partial charge in [0.25, 0.3) is 0 Å². The van der Waals surface area contributed by atoms with Crippen molar-refractivity contribution in [1.29, 1.82) is 0 Å². The van der Waals surface area contributed by atoms with Crippen molar-refractivity contribution in [3.8, 4) is 0 Å². The lowest BCUT2D eigenvalue weighted by Gasteiger charge is -2.13. The maximum Gasteiger partial charge on any atom is 0.341 e. The Morgan fingerprint density at radius 2 is 1.10 bits per heavy atom. The van der Waals surface area contributed by atoms with Crippen LogP contribution in [0.1, 0.15) is 11.1 Å². The summed E-state index contributed by atoms with van der Waals surface area (Å²) >= 11 is 0. The third-order valence-electron chi connectivity index (χ3n) is 4.18. The average molecular weight is 394 g/mol. The van der Waals surface area contributed by atoms with E-state index in [2.05, 4.69) is 15.6 Å². The molecule has 10 heteroatoms. The van der Waals surface area contributed by atoms with E-state index in [4.69, 9.17) is 5.73 Å². The minimum atomic E-state index is -0.790. The second-order valence-corrected chi connectivity index (χ2v) is 6.42. The van der Waals surface area contributed by atoms with Gasteiger partial charge in [0.05, 0.1) is 9.85 Å². The maximum atomic E-state index is 11.6. The van der Waals surface area contributed by atoms with Crippen LogP contribution in [0.2, 0.25) is 0 Å².